The molecule has 6 nitrogen and oxygen atoms in total. The van der Waals surface area contributed by atoms with Gasteiger partial charge in [-0.2, -0.15) is 9.40 Å². The van der Waals surface area contributed by atoms with Crippen LogP contribution in [0.25, 0.3) is 0 Å². The summed E-state index contributed by atoms with van der Waals surface area (Å²) in [5.41, 5.74) is 0.974. The first-order valence-corrected chi connectivity index (χ1v) is 7.99. The van der Waals surface area contributed by atoms with Crippen LogP contribution in [0.15, 0.2) is 41.6 Å². The van der Waals surface area contributed by atoms with Crippen molar-refractivity contribution in [3.63, 3.8) is 0 Å². The number of H-pyrrole nitrogens is 1. The Kier molecular flexibility index (Phi) is 4.64. The van der Waals surface area contributed by atoms with Crippen LogP contribution in [0.3, 0.4) is 0 Å². The van der Waals surface area contributed by atoms with Gasteiger partial charge in [-0.1, -0.05) is 18.2 Å². The van der Waals surface area contributed by atoms with Crippen molar-refractivity contribution in [3.8, 4) is 5.75 Å². The number of hydrogen-bond acceptors (Lipinski definition) is 4. The van der Waals surface area contributed by atoms with E-state index in [1.807, 2.05) is 31.2 Å². The summed E-state index contributed by atoms with van der Waals surface area (Å²) in [5, 5.41) is 6.21. The van der Waals surface area contributed by atoms with E-state index in [1.165, 1.54) is 16.7 Å². The lowest BCUT2D eigenvalue weighted by atomic mass is 10.1. The lowest BCUT2D eigenvalue weighted by molar-refractivity contribution is 0.373. The van der Waals surface area contributed by atoms with E-state index >= 15 is 0 Å². The average Bonchev–Trinajstić information content (AvgIpc) is 3.02. The number of rotatable bonds is 6. The van der Waals surface area contributed by atoms with E-state index in [2.05, 4.69) is 10.2 Å². The van der Waals surface area contributed by atoms with Gasteiger partial charge in [-0.05, 0) is 25.0 Å². The first kappa shape index (κ1) is 15.5. The number of nitrogens with zero attached hydrogens (tertiary/aromatic N) is 2. The molecule has 2 rings (SSSR count). The minimum absolute atomic E-state index is 0.164. The van der Waals surface area contributed by atoms with Gasteiger partial charge < -0.3 is 4.74 Å². The standard InChI is InChI=1S/C14H19N3O3S/c1-11(8-12-6-4-5-7-14(12)20-3)17(2)21(18,19)13-9-15-16-10-13/h4-7,9-11H,8H2,1-3H3,(H,15,16). The van der Waals surface area contributed by atoms with Gasteiger partial charge in [0.1, 0.15) is 10.6 Å². The molecule has 1 heterocycles. The summed E-state index contributed by atoms with van der Waals surface area (Å²) in [6, 6.07) is 7.40. The van der Waals surface area contributed by atoms with Crippen molar-refractivity contribution in [1.82, 2.24) is 14.5 Å². The summed E-state index contributed by atoms with van der Waals surface area (Å²) in [6.07, 6.45) is 3.25. The van der Waals surface area contributed by atoms with Gasteiger partial charge in [-0.25, -0.2) is 8.42 Å². The molecule has 1 N–H and O–H groups in total. The zero-order valence-electron chi connectivity index (χ0n) is 12.3. The lowest BCUT2D eigenvalue weighted by Crippen LogP contribution is -2.36. The highest BCUT2D eigenvalue weighted by Gasteiger charge is 2.26. The molecule has 0 bridgehead atoms. The Labute approximate surface area is 124 Å². The van der Waals surface area contributed by atoms with E-state index in [4.69, 9.17) is 4.74 Å². The Hall–Kier alpha value is -1.86. The van der Waals surface area contributed by atoms with Crippen molar-refractivity contribution in [2.45, 2.75) is 24.3 Å². The number of methoxy groups -OCH3 is 1. The van der Waals surface area contributed by atoms with Gasteiger partial charge in [0.05, 0.1) is 13.3 Å². The van der Waals surface area contributed by atoms with Gasteiger partial charge in [-0.3, -0.25) is 5.10 Å². The van der Waals surface area contributed by atoms with Crippen molar-refractivity contribution in [3.05, 3.63) is 42.2 Å². The van der Waals surface area contributed by atoms with Crippen molar-refractivity contribution in [1.29, 1.82) is 0 Å². The largest absolute Gasteiger partial charge is 0.496 e. The summed E-state index contributed by atoms with van der Waals surface area (Å²) >= 11 is 0. The van der Waals surface area contributed by atoms with Crippen LogP contribution in [0.2, 0.25) is 0 Å². The normalized spacial score (nSPS) is 13.3. The highest BCUT2D eigenvalue weighted by Crippen LogP contribution is 2.22. The number of hydrogen-bond donors (Lipinski definition) is 1. The minimum Gasteiger partial charge on any atom is -0.496 e. The van der Waals surface area contributed by atoms with Crippen LogP contribution in [0.5, 0.6) is 5.75 Å². The molecule has 0 aliphatic carbocycles. The number of nitrogens with one attached hydrogen (secondary N) is 1. The number of aromatic amines is 1. The van der Waals surface area contributed by atoms with Gasteiger partial charge in [0.15, 0.2) is 0 Å². The summed E-state index contributed by atoms with van der Waals surface area (Å²) in [4.78, 5) is 0.164. The Bertz CT molecular complexity index is 683. The average molecular weight is 309 g/mol. The van der Waals surface area contributed by atoms with Gasteiger partial charge in [0.25, 0.3) is 0 Å². The number of sulfonamides is 1. The van der Waals surface area contributed by atoms with Crippen molar-refractivity contribution < 1.29 is 13.2 Å². The van der Waals surface area contributed by atoms with Crippen LogP contribution >= 0.6 is 0 Å². The molecule has 2 aromatic rings. The molecule has 1 atom stereocenters. The Morgan fingerprint density at radius 2 is 2.10 bits per heavy atom. The maximum absolute atomic E-state index is 12.4. The van der Waals surface area contributed by atoms with Gasteiger partial charge in [0.2, 0.25) is 10.0 Å². The molecule has 0 saturated carbocycles. The smallest absolute Gasteiger partial charge is 0.246 e. The van der Waals surface area contributed by atoms with Crippen molar-refractivity contribution in [2.75, 3.05) is 14.2 Å². The predicted octanol–water partition coefficient (Wildman–Crippen LogP) is 1.67. The maximum atomic E-state index is 12.4. The molecule has 1 aromatic heterocycles. The molecule has 0 amide bonds. The van der Waals surface area contributed by atoms with Gasteiger partial charge >= 0.3 is 0 Å². The monoisotopic (exact) mass is 309 g/mol. The number of benzene rings is 1. The number of ether oxygens (including phenoxy) is 1. The fourth-order valence-electron chi connectivity index (χ4n) is 2.10. The third-order valence-electron chi connectivity index (χ3n) is 3.48. The molecule has 0 aliphatic rings. The maximum Gasteiger partial charge on any atom is 0.246 e. The Morgan fingerprint density at radius 3 is 2.71 bits per heavy atom. The summed E-state index contributed by atoms with van der Waals surface area (Å²) < 4.78 is 31.5. The summed E-state index contributed by atoms with van der Waals surface area (Å²) in [6.45, 7) is 1.87. The zero-order valence-corrected chi connectivity index (χ0v) is 13.1. The van der Waals surface area contributed by atoms with E-state index in [-0.39, 0.29) is 10.9 Å². The first-order valence-electron chi connectivity index (χ1n) is 6.55. The Balaban J connectivity index is 2.18. The third kappa shape index (κ3) is 3.25. The molecule has 1 aromatic carbocycles. The Morgan fingerprint density at radius 1 is 1.38 bits per heavy atom. The second kappa shape index (κ2) is 6.28. The molecule has 0 saturated heterocycles. The molecule has 7 heteroatoms. The highest BCUT2D eigenvalue weighted by molar-refractivity contribution is 7.89. The zero-order chi connectivity index (χ0) is 15.5. The van der Waals surface area contributed by atoms with Crippen LogP contribution in [0.1, 0.15) is 12.5 Å². The van der Waals surface area contributed by atoms with Crippen LogP contribution in [-0.2, 0) is 16.4 Å². The first-order chi connectivity index (χ1) is 9.96. The van der Waals surface area contributed by atoms with Gasteiger partial charge in [0, 0.05) is 19.3 Å². The number of para-hydroxylation sites is 1. The molecule has 114 valence electrons. The SMILES string of the molecule is COc1ccccc1CC(C)N(C)S(=O)(=O)c1cn[nH]c1. The lowest BCUT2D eigenvalue weighted by Gasteiger charge is -2.24. The molecule has 0 fully saturated rings. The molecular weight excluding hydrogens is 290 g/mol. The molecule has 1 unspecified atom stereocenters. The molecule has 0 spiro atoms. The third-order valence-corrected chi connectivity index (χ3v) is 5.42. The second-order valence-corrected chi connectivity index (χ2v) is 6.82. The fourth-order valence-corrected chi connectivity index (χ4v) is 3.37. The number of likely N-dealkylation sites (N-methyl/N-ethyl adjacent to an activating group) is 1. The van der Waals surface area contributed by atoms with Crippen LogP contribution < -0.4 is 4.74 Å². The van der Waals surface area contributed by atoms with E-state index in [0.29, 0.717) is 6.42 Å². The fraction of sp³-hybridized carbons (Fsp3) is 0.357. The van der Waals surface area contributed by atoms with Crippen molar-refractivity contribution >= 4 is 10.0 Å². The summed E-state index contributed by atoms with van der Waals surface area (Å²) in [7, 11) is -0.357. The van der Waals surface area contributed by atoms with Crippen LogP contribution in [-0.4, -0.2) is 43.1 Å². The van der Waals surface area contributed by atoms with E-state index in [1.54, 1.807) is 14.2 Å². The minimum atomic E-state index is -3.54. The van der Waals surface area contributed by atoms with Crippen LogP contribution in [0.4, 0.5) is 0 Å². The molecule has 0 radical (unpaired) electrons. The van der Waals surface area contributed by atoms with E-state index < -0.39 is 10.0 Å². The quantitative estimate of drug-likeness (QED) is 0.880. The molecule has 0 aliphatic heterocycles. The van der Waals surface area contributed by atoms with E-state index in [0.717, 1.165) is 11.3 Å². The molecule has 21 heavy (non-hydrogen) atoms. The predicted molar refractivity (Wildman–Crippen MR) is 79.7 cm³/mol. The van der Waals surface area contributed by atoms with Crippen LogP contribution in [0, 0.1) is 0 Å². The number of aromatic nitrogens is 2. The van der Waals surface area contributed by atoms with E-state index in [9.17, 15) is 8.42 Å². The van der Waals surface area contributed by atoms with Crippen molar-refractivity contribution in [2.24, 2.45) is 0 Å². The second-order valence-electron chi connectivity index (χ2n) is 4.82. The topological polar surface area (TPSA) is 75.3 Å². The molecular formula is C14H19N3O3S. The summed E-state index contributed by atoms with van der Waals surface area (Å²) in [5.74, 6) is 0.762. The van der Waals surface area contributed by atoms with Gasteiger partial charge in [-0.15, -0.1) is 0 Å². The highest BCUT2D eigenvalue weighted by atomic mass is 32.2.